The summed E-state index contributed by atoms with van der Waals surface area (Å²) in [6, 6.07) is 9.35. The van der Waals surface area contributed by atoms with Crippen molar-refractivity contribution in [1.82, 2.24) is 4.98 Å². The molecule has 92 valence electrons. The molecule has 2 rings (SSSR count). The fraction of sp³-hybridized carbons (Fsp3) is 0.0769. The first-order valence-electron chi connectivity index (χ1n) is 5.26. The lowest BCUT2D eigenvalue weighted by Gasteiger charge is -2.09. The maximum atomic E-state index is 5.75. The van der Waals surface area contributed by atoms with E-state index in [9.17, 15) is 0 Å². The molecule has 1 aromatic heterocycles. The number of halogens is 1. The molecule has 1 aromatic carbocycles. The fourth-order valence-corrected chi connectivity index (χ4v) is 2.11. The Hall–Kier alpha value is -1.46. The van der Waals surface area contributed by atoms with Crippen LogP contribution < -0.4 is 10.5 Å². The van der Waals surface area contributed by atoms with Crippen LogP contribution in [0.2, 0.25) is 0 Å². The lowest BCUT2D eigenvalue weighted by Crippen LogP contribution is -2.11. The van der Waals surface area contributed by atoms with Crippen LogP contribution in [-0.2, 0) is 0 Å². The molecule has 2 aromatic rings. The van der Waals surface area contributed by atoms with Gasteiger partial charge in [0.1, 0.15) is 22.2 Å². The van der Waals surface area contributed by atoms with Crippen molar-refractivity contribution in [2.75, 3.05) is 0 Å². The standard InChI is InChI=1S/C13H11BrN2OS/c1-8-2-3-12(10(14)6-8)17-9-4-5-16-11(7-9)13(15)18/h2-7H,1H3,(H2,15,18). The molecular weight excluding hydrogens is 312 g/mol. The van der Waals surface area contributed by atoms with Gasteiger partial charge in [0.05, 0.1) is 4.47 Å². The van der Waals surface area contributed by atoms with E-state index in [1.807, 2.05) is 25.1 Å². The van der Waals surface area contributed by atoms with Gasteiger partial charge in [0.25, 0.3) is 0 Å². The largest absolute Gasteiger partial charge is 0.456 e. The van der Waals surface area contributed by atoms with Crippen molar-refractivity contribution >= 4 is 33.1 Å². The summed E-state index contributed by atoms with van der Waals surface area (Å²) >= 11 is 8.34. The van der Waals surface area contributed by atoms with Crippen LogP contribution in [0, 0.1) is 6.92 Å². The zero-order valence-corrected chi connectivity index (χ0v) is 12.1. The van der Waals surface area contributed by atoms with Gasteiger partial charge in [-0.3, -0.25) is 4.98 Å². The van der Waals surface area contributed by atoms with Gasteiger partial charge in [0, 0.05) is 12.3 Å². The number of nitrogens with two attached hydrogens (primary N) is 1. The van der Waals surface area contributed by atoms with Crippen molar-refractivity contribution < 1.29 is 4.74 Å². The number of benzene rings is 1. The van der Waals surface area contributed by atoms with Gasteiger partial charge in [-0.05, 0) is 46.6 Å². The number of ether oxygens (including phenoxy) is 1. The highest BCUT2D eigenvalue weighted by atomic mass is 79.9. The van der Waals surface area contributed by atoms with Crippen LogP contribution in [0.1, 0.15) is 11.3 Å². The summed E-state index contributed by atoms with van der Waals surface area (Å²) in [6.07, 6.45) is 1.62. The van der Waals surface area contributed by atoms with E-state index in [4.69, 9.17) is 22.7 Å². The number of rotatable bonds is 3. The van der Waals surface area contributed by atoms with Crippen LogP contribution in [0.15, 0.2) is 41.0 Å². The Kier molecular flexibility index (Phi) is 3.93. The number of nitrogens with zero attached hydrogens (tertiary/aromatic N) is 1. The number of hydrogen-bond donors (Lipinski definition) is 1. The third-order valence-electron chi connectivity index (χ3n) is 2.30. The molecule has 0 fully saturated rings. The molecule has 0 aliphatic rings. The predicted molar refractivity (Wildman–Crippen MR) is 79.1 cm³/mol. The summed E-state index contributed by atoms with van der Waals surface area (Å²) in [4.78, 5) is 4.31. The summed E-state index contributed by atoms with van der Waals surface area (Å²) in [6.45, 7) is 2.02. The van der Waals surface area contributed by atoms with E-state index in [0.717, 1.165) is 15.8 Å². The molecule has 0 atom stereocenters. The van der Waals surface area contributed by atoms with E-state index < -0.39 is 0 Å². The van der Waals surface area contributed by atoms with E-state index in [1.165, 1.54) is 0 Å². The van der Waals surface area contributed by atoms with Gasteiger partial charge >= 0.3 is 0 Å². The van der Waals surface area contributed by atoms with Crippen molar-refractivity contribution in [2.45, 2.75) is 6.92 Å². The van der Waals surface area contributed by atoms with Crippen LogP contribution in [-0.4, -0.2) is 9.97 Å². The van der Waals surface area contributed by atoms with Gasteiger partial charge in [-0.25, -0.2) is 0 Å². The quantitative estimate of drug-likeness (QED) is 0.877. The zero-order valence-electron chi connectivity index (χ0n) is 9.68. The highest BCUT2D eigenvalue weighted by molar-refractivity contribution is 9.10. The van der Waals surface area contributed by atoms with Gasteiger partial charge in [-0.2, -0.15) is 0 Å². The summed E-state index contributed by atoms with van der Waals surface area (Å²) in [5.41, 5.74) is 7.24. The van der Waals surface area contributed by atoms with Crippen molar-refractivity contribution in [3.05, 3.63) is 52.3 Å². The molecular formula is C13H11BrN2OS. The highest BCUT2D eigenvalue weighted by Crippen LogP contribution is 2.30. The predicted octanol–water partition coefficient (Wildman–Crippen LogP) is 3.58. The second-order valence-corrected chi connectivity index (χ2v) is 5.07. The first-order valence-corrected chi connectivity index (χ1v) is 6.46. The van der Waals surface area contributed by atoms with E-state index in [1.54, 1.807) is 18.3 Å². The highest BCUT2D eigenvalue weighted by Gasteiger charge is 2.05. The molecule has 1 heterocycles. The normalized spacial score (nSPS) is 10.1. The molecule has 0 unspecified atom stereocenters. The third kappa shape index (κ3) is 3.05. The Morgan fingerprint density at radius 1 is 1.33 bits per heavy atom. The zero-order chi connectivity index (χ0) is 13.1. The summed E-state index contributed by atoms with van der Waals surface area (Å²) in [7, 11) is 0. The van der Waals surface area contributed by atoms with Gasteiger partial charge in [0.15, 0.2) is 0 Å². The number of aromatic nitrogens is 1. The van der Waals surface area contributed by atoms with Crippen LogP contribution in [0.5, 0.6) is 11.5 Å². The summed E-state index contributed by atoms with van der Waals surface area (Å²) < 4.78 is 6.65. The lowest BCUT2D eigenvalue weighted by atomic mass is 10.2. The Labute approximate surface area is 119 Å². The number of aryl methyl sites for hydroxylation is 1. The van der Waals surface area contributed by atoms with E-state index >= 15 is 0 Å². The third-order valence-corrected chi connectivity index (χ3v) is 3.13. The Morgan fingerprint density at radius 3 is 2.78 bits per heavy atom. The minimum atomic E-state index is 0.253. The molecule has 0 aliphatic heterocycles. The number of hydrogen-bond acceptors (Lipinski definition) is 3. The van der Waals surface area contributed by atoms with Crippen LogP contribution in [0.3, 0.4) is 0 Å². The first kappa shape index (κ1) is 13.0. The van der Waals surface area contributed by atoms with E-state index in [0.29, 0.717) is 11.4 Å². The average Bonchev–Trinajstić information content (AvgIpc) is 2.33. The molecule has 5 heteroatoms. The second-order valence-electron chi connectivity index (χ2n) is 3.78. The molecule has 3 nitrogen and oxygen atoms in total. The maximum absolute atomic E-state index is 5.75. The molecule has 18 heavy (non-hydrogen) atoms. The number of pyridine rings is 1. The molecule has 2 N–H and O–H groups in total. The SMILES string of the molecule is Cc1ccc(Oc2ccnc(C(N)=S)c2)c(Br)c1. The van der Waals surface area contributed by atoms with Gasteiger partial charge in [-0.1, -0.05) is 18.3 Å². The molecule has 0 spiro atoms. The summed E-state index contributed by atoms with van der Waals surface area (Å²) in [5.74, 6) is 1.39. The van der Waals surface area contributed by atoms with Crippen molar-refractivity contribution in [3.63, 3.8) is 0 Å². The molecule has 0 aliphatic carbocycles. The van der Waals surface area contributed by atoms with Gasteiger partial charge < -0.3 is 10.5 Å². The topological polar surface area (TPSA) is 48.1 Å². The lowest BCUT2D eigenvalue weighted by molar-refractivity contribution is 0.478. The van der Waals surface area contributed by atoms with Crippen LogP contribution in [0.4, 0.5) is 0 Å². The monoisotopic (exact) mass is 322 g/mol. The van der Waals surface area contributed by atoms with Crippen molar-refractivity contribution in [3.8, 4) is 11.5 Å². The molecule has 0 saturated carbocycles. The molecule has 0 radical (unpaired) electrons. The van der Waals surface area contributed by atoms with Crippen LogP contribution >= 0.6 is 28.1 Å². The minimum absolute atomic E-state index is 0.253. The molecule has 0 saturated heterocycles. The second kappa shape index (κ2) is 5.46. The van der Waals surface area contributed by atoms with E-state index in [-0.39, 0.29) is 4.99 Å². The van der Waals surface area contributed by atoms with Gasteiger partial charge in [-0.15, -0.1) is 0 Å². The Bertz CT molecular complexity index is 601. The Balaban J connectivity index is 2.28. The smallest absolute Gasteiger partial charge is 0.141 e. The number of thiocarbonyl (C=S) groups is 1. The maximum Gasteiger partial charge on any atom is 0.141 e. The minimum Gasteiger partial charge on any atom is -0.456 e. The Morgan fingerprint density at radius 2 is 2.11 bits per heavy atom. The molecule has 0 bridgehead atoms. The summed E-state index contributed by atoms with van der Waals surface area (Å²) in [5, 5.41) is 0. The fourth-order valence-electron chi connectivity index (χ4n) is 1.43. The van der Waals surface area contributed by atoms with Crippen molar-refractivity contribution in [1.29, 1.82) is 0 Å². The van der Waals surface area contributed by atoms with Gasteiger partial charge in [0.2, 0.25) is 0 Å². The van der Waals surface area contributed by atoms with Crippen LogP contribution in [0.25, 0.3) is 0 Å². The first-order chi connectivity index (χ1) is 8.56. The average molecular weight is 323 g/mol. The van der Waals surface area contributed by atoms with E-state index in [2.05, 4.69) is 20.9 Å². The van der Waals surface area contributed by atoms with Crippen molar-refractivity contribution in [2.24, 2.45) is 5.73 Å². The molecule has 0 amide bonds.